The number of hydrogen-bond donors (Lipinski definition) is 0. The van der Waals surface area contributed by atoms with Gasteiger partial charge >= 0.3 is 11.9 Å². The predicted octanol–water partition coefficient (Wildman–Crippen LogP) is 8.24. The lowest BCUT2D eigenvalue weighted by Crippen LogP contribution is -2.42. The molecule has 0 bridgehead atoms. The number of esters is 2. The molecule has 0 fully saturated rings. The summed E-state index contributed by atoms with van der Waals surface area (Å²) >= 11 is 0. The molecule has 0 aliphatic heterocycles. The fourth-order valence-electron chi connectivity index (χ4n) is 5.80. The third-order valence-corrected chi connectivity index (χ3v) is 8.23. The molecule has 4 aromatic rings. The molecule has 4 nitrogen and oxygen atoms in total. The van der Waals surface area contributed by atoms with Crippen LogP contribution >= 0.6 is 0 Å². The molecule has 0 spiro atoms. The third kappa shape index (κ3) is 6.71. The smallest absolute Gasteiger partial charge is 0.318 e. The molecule has 0 radical (unpaired) electrons. The Labute approximate surface area is 249 Å². The Bertz CT molecular complexity index is 1420. The Kier molecular flexibility index (Phi) is 8.72. The molecule has 0 aromatic heterocycles. The number of carbonyl (C=O) groups is 2. The van der Waals surface area contributed by atoms with E-state index in [1.807, 2.05) is 154 Å². The van der Waals surface area contributed by atoms with E-state index < -0.39 is 23.0 Å². The van der Waals surface area contributed by atoms with Crippen LogP contribution < -0.4 is 0 Å². The number of hydrogen-bond acceptors (Lipinski definition) is 4. The minimum Gasteiger partial charge on any atom is -0.458 e. The molecule has 0 saturated carbocycles. The molecule has 4 heteroatoms. The highest BCUT2D eigenvalue weighted by atomic mass is 16.6. The van der Waals surface area contributed by atoms with Crippen molar-refractivity contribution in [3.63, 3.8) is 0 Å². The standard InChI is InChI=1S/C38H38O4/c1-37(2,41-35(39)33(28-16-8-4-9-17-28)29-18-10-5-11-19-29)32-24-26-38(3,27-25-32)42-36(40)34(30-20-12-6-13-21-30)31-22-14-7-15-23-31/h4-24,26,32-34H,25,27H2,1-3H3. The summed E-state index contributed by atoms with van der Waals surface area (Å²) < 4.78 is 12.5. The Morgan fingerprint density at radius 1 is 0.667 bits per heavy atom. The van der Waals surface area contributed by atoms with Gasteiger partial charge in [-0.2, -0.15) is 0 Å². The minimum atomic E-state index is -0.758. The summed E-state index contributed by atoms with van der Waals surface area (Å²) in [6, 6.07) is 39.0. The Morgan fingerprint density at radius 3 is 1.40 bits per heavy atom. The normalized spacial score (nSPS) is 18.5. The van der Waals surface area contributed by atoms with Crippen LogP contribution in [0.4, 0.5) is 0 Å². The van der Waals surface area contributed by atoms with Crippen LogP contribution in [0.5, 0.6) is 0 Å². The SMILES string of the molecule is CC1(OC(=O)C(c2ccccc2)c2ccccc2)C=CC(C(C)(C)OC(=O)C(c2ccccc2)c2ccccc2)CC1. The van der Waals surface area contributed by atoms with Crippen LogP contribution in [0.3, 0.4) is 0 Å². The van der Waals surface area contributed by atoms with Crippen molar-refractivity contribution in [1.29, 1.82) is 0 Å². The molecule has 5 rings (SSSR count). The van der Waals surface area contributed by atoms with Crippen molar-refractivity contribution in [2.75, 3.05) is 0 Å². The first-order valence-corrected chi connectivity index (χ1v) is 14.6. The zero-order valence-corrected chi connectivity index (χ0v) is 24.5. The van der Waals surface area contributed by atoms with Crippen molar-refractivity contribution >= 4 is 11.9 Å². The molecule has 0 amide bonds. The first-order valence-electron chi connectivity index (χ1n) is 14.6. The summed E-state index contributed by atoms with van der Waals surface area (Å²) in [5, 5.41) is 0. The van der Waals surface area contributed by atoms with Gasteiger partial charge in [0, 0.05) is 5.92 Å². The maximum absolute atomic E-state index is 13.7. The van der Waals surface area contributed by atoms with Crippen molar-refractivity contribution in [2.24, 2.45) is 5.92 Å². The summed E-state index contributed by atoms with van der Waals surface area (Å²) in [4.78, 5) is 27.4. The van der Waals surface area contributed by atoms with Crippen LogP contribution in [0.1, 0.15) is 67.7 Å². The van der Waals surface area contributed by atoms with E-state index in [0.29, 0.717) is 12.8 Å². The van der Waals surface area contributed by atoms with Gasteiger partial charge in [0.1, 0.15) is 23.0 Å². The van der Waals surface area contributed by atoms with E-state index in [0.717, 1.165) is 22.3 Å². The molecule has 0 heterocycles. The first-order chi connectivity index (χ1) is 20.3. The number of benzene rings is 4. The molecular formula is C38H38O4. The summed E-state index contributed by atoms with van der Waals surface area (Å²) in [7, 11) is 0. The summed E-state index contributed by atoms with van der Waals surface area (Å²) in [5.41, 5.74) is 2.08. The van der Waals surface area contributed by atoms with Crippen molar-refractivity contribution in [2.45, 2.75) is 56.7 Å². The van der Waals surface area contributed by atoms with Crippen molar-refractivity contribution < 1.29 is 19.1 Å². The summed E-state index contributed by atoms with van der Waals surface area (Å²) in [6.45, 7) is 5.87. The molecule has 0 saturated heterocycles. The fraction of sp³-hybridized carbons (Fsp3) is 0.263. The van der Waals surface area contributed by atoms with E-state index in [9.17, 15) is 9.59 Å². The molecule has 1 aliphatic carbocycles. The van der Waals surface area contributed by atoms with E-state index in [4.69, 9.17) is 9.47 Å². The van der Waals surface area contributed by atoms with E-state index in [-0.39, 0.29) is 17.9 Å². The van der Waals surface area contributed by atoms with Crippen molar-refractivity contribution in [3.05, 3.63) is 156 Å². The topological polar surface area (TPSA) is 52.6 Å². The molecule has 4 aromatic carbocycles. The Balaban J connectivity index is 1.31. The van der Waals surface area contributed by atoms with E-state index >= 15 is 0 Å². The van der Waals surface area contributed by atoms with Gasteiger partial charge in [0.25, 0.3) is 0 Å². The number of carbonyl (C=O) groups excluding carboxylic acids is 2. The van der Waals surface area contributed by atoms with Gasteiger partial charge in [0.15, 0.2) is 0 Å². The quantitative estimate of drug-likeness (QED) is 0.153. The van der Waals surface area contributed by atoms with Gasteiger partial charge in [0.2, 0.25) is 0 Å². The molecule has 0 N–H and O–H groups in total. The lowest BCUT2D eigenvalue weighted by atomic mass is 9.78. The highest BCUT2D eigenvalue weighted by Crippen LogP contribution is 2.39. The van der Waals surface area contributed by atoms with E-state index in [1.165, 1.54) is 0 Å². The van der Waals surface area contributed by atoms with E-state index in [1.54, 1.807) is 0 Å². The highest BCUT2D eigenvalue weighted by Gasteiger charge is 2.41. The molecular weight excluding hydrogens is 520 g/mol. The minimum absolute atomic E-state index is 0.0283. The molecule has 1 aliphatic rings. The number of rotatable bonds is 9. The highest BCUT2D eigenvalue weighted by molar-refractivity contribution is 5.83. The fourth-order valence-corrected chi connectivity index (χ4v) is 5.80. The van der Waals surface area contributed by atoms with Gasteiger partial charge in [-0.1, -0.05) is 127 Å². The average molecular weight is 559 g/mol. The second-order valence-electron chi connectivity index (χ2n) is 11.8. The lowest BCUT2D eigenvalue weighted by molar-refractivity contribution is -0.162. The summed E-state index contributed by atoms with van der Waals surface area (Å²) in [5.74, 6) is -1.62. The molecule has 42 heavy (non-hydrogen) atoms. The van der Waals surface area contributed by atoms with Gasteiger partial charge in [-0.05, 0) is 61.9 Å². The van der Waals surface area contributed by atoms with Gasteiger partial charge in [-0.15, -0.1) is 0 Å². The Morgan fingerprint density at radius 2 is 1.05 bits per heavy atom. The maximum Gasteiger partial charge on any atom is 0.318 e. The zero-order chi connectivity index (χ0) is 29.6. The van der Waals surface area contributed by atoms with E-state index in [2.05, 4.69) is 0 Å². The van der Waals surface area contributed by atoms with Crippen molar-refractivity contribution in [1.82, 2.24) is 0 Å². The van der Waals surface area contributed by atoms with Crippen LogP contribution in [-0.2, 0) is 19.1 Å². The number of ether oxygens (including phenoxy) is 2. The second kappa shape index (κ2) is 12.6. The predicted molar refractivity (Wildman–Crippen MR) is 166 cm³/mol. The van der Waals surface area contributed by atoms with Crippen LogP contribution in [0.15, 0.2) is 133 Å². The lowest BCUT2D eigenvalue weighted by Gasteiger charge is -2.39. The van der Waals surface area contributed by atoms with Gasteiger partial charge in [-0.3, -0.25) is 9.59 Å². The monoisotopic (exact) mass is 558 g/mol. The third-order valence-electron chi connectivity index (χ3n) is 8.23. The maximum atomic E-state index is 13.7. The molecule has 214 valence electrons. The van der Waals surface area contributed by atoms with Crippen LogP contribution in [0, 0.1) is 5.92 Å². The van der Waals surface area contributed by atoms with Crippen molar-refractivity contribution in [3.8, 4) is 0 Å². The van der Waals surface area contributed by atoms with Gasteiger partial charge in [-0.25, -0.2) is 0 Å². The second-order valence-corrected chi connectivity index (χ2v) is 11.8. The summed E-state index contributed by atoms with van der Waals surface area (Å²) in [6.07, 6.45) is 5.35. The molecule has 2 unspecified atom stereocenters. The average Bonchev–Trinajstić information content (AvgIpc) is 2.99. The zero-order valence-electron chi connectivity index (χ0n) is 24.5. The van der Waals surface area contributed by atoms with Crippen LogP contribution in [0.2, 0.25) is 0 Å². The molecule has 2 atom stereocenters. The van der Waals surface area contributed by atoms with Gasteiger partial charge in [0.05, 0.1) is 0 Å². The Hall–Kier alpha value is -4.44. The first kappa shape index (κ1) is 29.1. The largest absolute Gasteiger partial charge is 0.458 e. The van der Waals surface area contributed by atoms with Gasteiger partial charge < -0.3 is 9.47 Å². The van der Waals surface area contributed by atoms with Crippen LogP contribution in [0.25, 0.3) is 0 Å². The van der Waals surface area contributed by atoms with Crippen LogP contribution in [-0.4, -0.2) is 23.1 Å².